The summed E-state index contributed by atoms with van der Waals surface area (Å²) < 4.78 is 16.6. The highest BCUT2D eigenvalue weighted by Gasteiger charge is 2.28. The number of methoxy groups -OCH3 is 1. The van der Waals surface area contributed by atoms with Gasteiger partial charge in [-0.1, -0.05) is 24.8 Å². The van der Waals surface area contributed by atoms with E-state index in [1.54, 1.807) is 31.4 Å². The molecule has 122 valence electrons. The third-order valence-corrected chi connectivity index (χ3v) is 3.56. The number of benzene rings is 2. The fourth-order valence-corrected chi connectivity index (χ4v) is 2.37. The van der Waals surface area contributed by atoms with E-state index < -0.39 is 0 Å². The summed E-state index contributed by atoms with van der Waals surface area (Å²) in [7, 11) is 1.57. The molecule has 0 amide bonds. The molecular formula is C20H18O4. The largest absolute Gasteiger partial charge is 0.497 e. The second kappa shape index (κ2) is 6.62. The van der Waals surface area contributed by atoms with E-state index in [2.05, 4.69) is 6.58 Å². The van der Waals surface area contributed by atoms with Crippen molar-refractivity contribution < 1.29 is 19.0 Å². The number of hydrogen-bond donors (Lipinski definition) is 0. The van der Waals surface area contributed by atoms with Crippen molar-refractivity contribution in [2.75, 3.05) is 13.7 Å². The van der Waals surface area contributed by atoms with E-state index in [-0.39, 0.29) is 11.5 Å². The Bertz CT molecular complexity index is 833. The van der Waals surface area contributed by atoms with E-state index in [0.717, 1.165) is 11.1 Å². The average Bonchev–Trinajstić information content (AvgIpc) is 2.89. The van der Waals surface area contributed by atoms with E-state index in [1.165, 1.54) is 0 Å². The fourth-order valence-electron chi connectivity index (χ4n) is 2.37. The molecule has 2 aromatic rings. The molecule has 0 N–H and O–H groups in total. The van der Waals surface area contributed by atoms with Crippen molar-refractivity contribution in [3.63, 3.8) is 0 Å². The predicted molar refractivity (Wildman–Crippen MR) is 92.7 cm³/mol. The van der Waals surface area contributed by atoms with Crippen LogP contribution in [0.1, 0.15) is 22.8 Å². The molecule has 24 heavy (non-hydrogen) atoms. The van der Waals surface area contributed by atoms with Crippen LogP contribution in [0.3, 0.4) is 0 Å². The van der Waals surface area contributed by atoms with Crippen LogP contribution in [0, 0.1) is 0 Å². The average molecular weight is 322 g/mol. The zero-order valence-corrected chi connectivity index (χ0v) is 13.7. The van der Waals surface area contributed by atoms with Crippen LogP contribution in [0.15, 0.2) is 60.4 Å². The Hall–Kier alpha value is -3.01. The lowest BCUT2D eigenvalue weighted by Crippen LogP contribution is -2.01. The van der Waals surface area contributed by atoms with Crippen LogP contribution >= 0.6 is 0 Å². The highest BCUT2D eigenvalue weighted by Crippen LogP contribution is 2.35. The third kappa shape index (κ3) is 3.18. The van der Waals surface area contributed by atoms with Gasteiger partial charge in [-0.15, -0.1) is 0 Å². The first-order chi connectivity index (χ1) is 11.6. The van der Waals surface area contributed by atoms with Crippen LogP contribution in [0.4, 0.5) is 0 Å². The molecule has 0 saturated carbocycles. The van der Waals surface area contributed by atoms with Crippen molar-refractivity contribution in [2.45, 2.75) is 6.92 Å². The number of para-hydroxylation sites is 1. The van der Waals surface area contributed by atoms with E-state index in [4.69, 9.17) is 14.2 Å². The number of carbonyl (C=O) groups excluding carboxylic acids is 1. The molecule has 4 nitrogen and oxygen atoms in total. The first-order valence-electron chi connectivity index (χ1n) is 7.57. The monoisotopic (exact) mass is 322 g/mol. The molecule has 0 bridgehead atoms. The number of carbonyl (C=O) groups is 1. The molecule has 1 heterocycles. The Kier molecular flexibility index (Phi) is 4.38. The lowest BCUT2D eigenvalue weighted by atomic mass is 10.1. The van der Waals surface area contributed by atoms with E-state index in [9.17, 15) is 4.79 Å². The summed E-state index contributed by atoms with van der Waals surface area (Å²) in [4.78, 5) is 12.5. The number of allylic oxidation sites excluding steroid dienone is 1. The first kappa shape index (κ1) is 15.9. The summed E-state index contributed by atoms with van der Waals surface area (Å²) in [5.41, 5.74) is 2.23. The molecule has 0 saturated heterocycles. The highest BCUT2D eigenvalue weighted by atomic mass is 16.5. The van der Waals surface area contributed by atoms with Gasteiger partial charge in [0, 0.05) is 11.6 Å². The fraction of sp³-hybridized carbons (Fsp3) is 0.150. The van der Waals surface area contributed by atoms with Gasteiger partial charge in [0.25, 0.3) is 0 Å². The summed E-state index contributed by atoms with van der Waals surface area (Å²) in [6.07, 6.45) is 1.70. The van der Waals surface area contributed by atoms with Gasteiger partial charge >= 0.3 is 0 Å². The van der Waals surface area contributed by atoms with Gasteiger partial charge in [0.2, 0.25) is 5.78 Å². The predicted octanol–water partition coefficient (Wildman–Crippen LogP) is 4.27. The van der Waals surface area contributed by atoms with Crippen LogP contribution in [-0.4, -0.2) is 19.5 Å². The Morgan fingerprint density at radius 2 is 2.04 bits per heavy atom. The lowest BCUT2D eigenvalue weighted by molar-refractivity contribution is 0.101. The number of Topliss-reactive ketones (excluding diaryl/α,β-unsaturated/α-hetero) is 1. The van der Waals surface area contributed by atoms with Crippen molar-refractivity contribution in [1.82, 2.24) is 0 Å². The maximum absolute atomic E-state index is 12.5. The van der Waals surface area contributed by atoms with Crippen LogP contribution in [-0.2, 0) is 0 Å². The van der Waals surface area contributed by atoms with Crippen LogP contribution in [0.2, 0.25) is 0 Å². The van der Waals surface area contributed by atoms with Gasteiger partial charge < -0.3 is 14.2 Å². The van der Waals surface area contributed by atoms with Crippen LogP contribution in [0.25, 0.3) is 6.08 Å². The summed E-state index contributed by atoms with van der Waals surface area (Å²) in [5, 5.41) is 0. The SMILES string of the molecule is C=C(C)COc1ccccc1/C=C1\Oc2cc(OC)ccc2C1=O. The molecule has 0 aliphatic carbocycles. The summed E-state index contributed by atoms with van der Waals surface area (Å²) in [6.45, 7) is 6.15. The Balaban J connectivity index is 1.90. The molecule has 0 spiro atoms. The number of hydrogen-bond acceptors (Lipinski definition) is 4. The van der Waals surface area contributed by atoms with Gasteiger partial charge in [0.1, 0.15) is 23.9 Å². The topological polar surface area (TPSA) is 44.8 Å². The van der Waals surface area contributed by atoms with E-state index >= 15 is 0 Å². The molecule has 1 aliphatic heterocycles. The van der Waals surface area contributed by atoms with Crippen molar-refractivity contribution in [1.29, 1.82) is 0 Å². The molecular weight excluding hydrogens is 304 g/mol. The summed E-state index contributed by atoms with van der Waals surface area (Å²) in [6, 6.07) is 12.7. The maximum atomic E-state index is 12.5. The van der Waals surface area contributed by atoms with Crippen molar-refractivity contribution in [3.05, 3.63) is 71.5 Å². The van der Waals surface area contributed by atoms with Gasteiger partial charge in [-0.25, -0.2) is 0 Å². The van der Waals surface area contributed by atoms with Gasteiger partial charge in [-0.05, 0) is 36.8 Å². The van der Waals surface area contributed by atoms with Gasteiger partial charge in [-0.3, -0.25) is 4.79 Å². The number of ether oxygens (including phenoxy) is 3. The maximum Gasteiger partial charge on any atom is 0.231 e. The van der Waals surface area contributed by atoms with Crippen LogP contribution in [0.5, 0.6) is 17.2 Å². The van der Waals surface area contributed by atoms with E-state index in [1.807, 2.05) is 31.2 Å². The Morgan fingerprint density at radius 1 is 1.25 bits per heavy atom. The Morgan fingerprint density at radius 3 is 2.79 bits per heavy atom. The van der Waals surface area contributed by atoms with Crippen molar-refractivity contribution >= 4 is 11.9 Å². The highest BCUT2D eigenvalue weighted by molar-refractivity contribution is 6.14. The lowest BCUT2D eigenvalue weighted by Gasteiger charge is -2.09. The zero-order chi connectivity index (χ0) is 17.1. The number of rotatable bonds is 5. The minimum absolute atomic E-state index is 0.151. The minimum atomic E-state index is -0.151. The molecule has 0 atom stereocenters. The van der Waals surface area contributed by atoms with Crippen molar-refractivity contribution in [3.8, 4) is 17.2 Å². The van der Waals surface area contributed by atoms with Crippen molar-refractivity contribution in [2.24, 2.45) is 0 Å². The van der Waals surface area contributed by atoms with Gasteiger partial charge in [0.05, 0.1) is 12.7 Å². The quantitative estimate of drug-likeness (QED) is 0.609. The molecule has 0 unspecified atom stereocenters. The number of fused-ring (bicyclic) bond motifs is 1. The molecule has 3 rings (SSSR count). The normalized spacial score (nSPS) is 14.2. The molecule has 0 radical (unpaired) electrons. The number of ketones is 1. The second-order valence-electron chi connectivity index (χ2n) is 5.59. The van der Waals surface area contributed by atoms with Gasteiger partial charge in [-0.2, -0.15) is 0 Å². The Labute approximate surface area is 141 Å². The standard InChI is InChI=1S/C20H18O4/c1-13(2)12-23-17-7-5-4-6-14(17)10-19-20(21)16-9-8-15(22-3)11-18(16)24-19/h4-11H,1,12H2,2-3H3/b19-10-. The molecule has 0 fully saturated rings. The minimum Gasteiger partial charge on any atom is -0.497 e. The molecule has 2 aromatic carbocycles. The smallest absolute Gasteiger partial charge is 0.231 e. The third-order valence-electron chi connectivity index (χ3n) is 3.56. The van der Waals surface area contributed by atoms with Gasteiger partial charge in [0.15, 0.2) is 5.76 Å². The molecule has 1 aliphatic rings. The second-order valence-corrected chi connectivity index (χ2v) is 5.59. The summed E-state index contributed by atoms with van der Waals surface area (Å²) >= 11 is 0. The molecule has 0 aromatic heterocycles. The molecule has 4 heteroatoms. The zero-order valence-electron chi connectivity index (χ0n) is 13.7. The van der Waals surface area contributed by atoms with Crippen LogP contribution < -0.4 is 14.2 Å². The first-order valence-corrected chi connectivity index (χ1v) is 7.57. The summed E-state index contributed by atoms with van der Waals surface area (Å²) in [5.74, 6) is 1.95. The van der Waals surface area contributed by atoms with E-state index in [0.29, 0.717) is 29.4 Å².